The number of alkyl halides is 1. The Labute approximate surface area is 114 Å². The van der Waals surface area contributed by atoms with E-state index in [9.17, 15) is 8.42 Å². The summed E-state index contributed by atoms with van der Waals surface area (Å²) in [4.78, 5) is 4.04. The zero-order valence-electron chi connectivity index (χ0n) is 9.20. The zero-order chi connectivity index (χ0) is 12.9. The van der Waals surface area contributed by atoms with Crippen LogP contribution in [-0.4, -0.2) is 25.8 Å². The molecule has 0 unspecified atom stereocenters. The molecule has 0 atom stereocenters. The number of pyridine rings is 1. The van der Waals surface area contributed by atoms with Gasteiger partial charge >= 0.3 is 0 Å². The first kappa shape index (κ1) is 14.7. The third kappa shape index (κ3) is 5.20. The second kappa shape index (κ2) is 6.53. The number of aryl methyl sites for hydroxylation is 1. The lowest BCUT2D eigenvalue weighted by Gasteiger charge is -2.10. The van der Waals surface area contributed by atoms with Gasteiger partial charge in [0.05, 0.1) is 11.4 Å². The molecule has 0 aliphatic heterocycles. The van der Waals surface area contributed by atoms with Crippen molar-refractivity contribution in [3.05, 3.63) is 22.4 Å². The molecular formula is C9H13BrClN3O2S. The van der Waals surface area contributed by atoms with Gasteiger partial charge in [0.2, 0.25) is 0 Å². The van der Waals surface area contributed by atoms with Gasteiger partial charge in [-0.25, -0.2) is 0 Å². The van der Waals surface area contributed by atoms with Gasteiger partial charge in [0, 0.05) is 23.1 Å². The fraction of sp³-hybridized carbons (Fsp3) is 0.444. The number of nitrogens with zero attached hydrogens (tertiary/aromatic N) is 1. The highest BCUT2D eigenvalue weighted by atomic mass is 79.9. The van der Waals surface area contributed by atoms with Gasteiger partial charge in [-0.3, -0.25) is 9.71 Å². The third-order valence-corrected chi connectivity index (χ3v) is 3.67. The molecule has 1 aromatic rings. The van der Waals surface area contributed by atoms with Crippen molar-refractivity contribution < 1.29 is 8.42 Å². The van der Waals surface area contributed by atoms with E-state index in [1.807, 2.05) is 0 Å². The van der Waals surface area contributed by atoms with Gasteiger partial charge < -0.3 is 0 Å². The van der Waals surface area contributed by atoms with Crippen LogP contribution in [0.4, 0.5) is 5.69 Å². The van der Waals surface area contributed by atoms with Gasteiger partial charge in [0.1, 0.15) is 0 Å². The Bertz CT molecular complexity index is 481. The third-order valence-electron chi connectivity index (χ3n) is 1.90. The molecular weight excluding hydrogens is 330 g/mol. The summed E-state index contributed by atoms with van der Waals surface area (Å²) in [6.07, 6.45) is 2.19. The van der Waals surface area contributed by atoms with Crippen LogP contribution in [0.15, 0.2) is 16.7 Å². The number of aromatic nitrogens is 1. The monoisotopic (exact) mass is 341 g/mol. The lowest BCUT2D eigenvalue weighted by molar-refractivity contribution is 0.586. The normalized spacial score (nSPS) is 11.5. The molecule has 0 amide bonds. The zero-order valence-corrected chi connectivity index (χ0v) is 12.4. The fourth-order valence-electron chi connectivity index (χ4n) is 1.07. The van der Waals surface area contributed by atoms with E-state index in [4.69, 9.17) is 11.6 Å². The number of hydrogen-bond acceptors (Lipinski definition) is 3. The van der Waals surface area contributed by atoms with E-state index in [0.717, 1.165) is 0 Å². The molecule has 1 rings (SSSR count). The molecule has 1 aromatic heterocycles. The van der Waals surface area contributed by atoms with Crippen LogP contribution in [0, 0.1) is 6.92 Å². The minimum atomic E-state index is -3.57. The SMILES string of the molecule is Cc1ncc(Br)cc1NS(=O)(=O)NCCCCl. The summed E-state index contributed by atoms with van der Waals surface area (Å²) in [6, 6.07) is 1.66. The second-order valence-electron chi connectivity index (χ2n) is 3.33. The van der Waals surface area contributed by atoms with Crippen molar-refractivity contribution in [3.8, 4) is 0 Å². The van der Waals surface area contributed by atoms with Crippen molar-refractivity contribution in [3.63, 3.8) is 0 Å². The van der Waals surface area contributed by atoms with Crippen molar-refractivity contribution >= 4 is 43.4 Å². The van der Waals surface area contributed by atoms with Gasteiger partial charge in [-0.05, 0) is 35.3 Å². The maximum absolute atomic E-state index is 11.6. The summed E-state index contributed by atoms with van der Waals surface area (Å²) in [5.74, 6) is 0.417. The van der Waals surface area contributed by atoms with E-state index >= 15 is 0 Å². The van der Waals surface area contributed by atoms with Crippen LogP contribution in [0.2, 0.25) is 0 Å². The van der Waals surface area contributed by atoms with E-state index in [0.29, 0.717) is 34.7 Å². The standard InChI is InChI=1S/C9H13BrClN3O2S/c1-7-9(5-8(10)6-12-7)14-17(15,16)13-4-2-3-11/h5-6,13-14H,2-4H2,1H3. The summed E-state index contributed by atoms with van der Waals surface area (Å²) < 4.78 is 28.8. The van der Waals surface area contributed by atoms with E-state index in [-0.39, 0.29) is 0 Å². The van der Waals surface area contributed by atoms with Crippen molar-refractivity contribution in [2.45, 2.75) is 13.3 Å². The summed E-state index contributed by atoms with van der Waals surface area (Å²) in [5.41, 5.74) is 1.05. The van der Waals surface area contributed by atoms with Gasteiger partial charge in [-0.15, -0.1) is 11.6 Å². The first-order valence-corrected chi connectivity index (χ1v) is 7.71. The highest BCUT2D eigenvalue weighted by molar-refractivity contribution is 9.10. The molecule has 2 N–H and O–H groups in total. The first-order valence-electron chi connectivity index (χ1n) is 4.90. The lowest BCUT2D eigenvalue weighted by atomic mass is 10.3. The maximum Gasteiger partial charge on any atom is 0.299 e. The van der Waals surface area contributed by atoms with Crippen LogP contribution in [0.25, 0.3) is 0 Å². The van der Waals surface area contributed by atoms with Crippen LogP contribution in [0.1, 0.15) is 12.1 Å². The number of anilines is 1. The molecule has 0 bridgehead atoms. The lowest BCUT2D eigenvalue weighted by Crippen LogP contribution is -2.31. The largest absolute Gasteiger partial charge is 0.299 e. The molecule has 0 spiro atoms. The van der Waals surface area contributed by atoms with Crippen molar-refractivity contribution in [2.24, 2.45) is 0 Å². The molecule has 8 heteroatoms. The van der Waals surface area contributed by atoms with Crippen LogP contribution < -0.4 is 9.44 Å². The Morgan fingerprint density at radius 2 is 2.24 bits per heavy atom. The smallest absolute Gasteiger partial charge is 0.269 e. The van der Waals surface area contributed by atoms with E-state index < -0.39 is 10.2 Å². The Morgan fingerprint density at radius 3 is 2.88 bits per heavy atom. The predicted molar refractivity (Wildman–Crippen MR) is 72.6 cm³/mol. The highest BCUT2D eigenvalue weighted by Gasteiger charge is 2.11. The van der Waals surface area contributed by atoms with E-state index in [1.54, 1.807) is 19.2 Å². The molecule has 0 radical (unpaired) electrons. The minimum absolute atomic E-state index is 0.305. The topological polar surface area (TPSA) is 71.1 Å². The molecule has 0 saturated carbocycles. The molecule has 0 saturated heterocycles. The molecule has 17 heavy (non-hydrogen) atoms. The quantitative estimate of drug-likeness (QED) is 0.614. The molecule has 0 fully saturated rings. The van der Waals surface area contributed by atoms with Gasteiger partial charge in [-0.2, -0.15) is 13.1 Å². The highest BCUT2D eigenvalue weighted by Crippen LogP contribution is 2.18. The molecule has 0 aliphatic carbocycles. The van der Waals surface area contributed by atoms with Gasteiger partial charge in [0.25, 0.3) is 10.2 Å². The van der Waals surface area contributed by atoms with E-state index in [2.05, 4.69) is 30.4 Å². The number of rotatable bonds is 6. The molecule has 0 aromatic carbocycles. The van der Waals surface area contributed by atoms with Crippen molar-refractivity contribution in [1.29, 1.82) is 0 Å². The average molecular weight is 343 g/mol. The van der Waals surface area contributed by atoms with Crippen LogP contribution in [-0.2, 0) is 10.2 Å². The average Bonchev–Trinajstić information content (AvgIpc) is 2.23. The molecule has 96 valence electrons. The Morgan fingerprint density at radius 1 is 1.53 bits per heavy atom. The van der Waals surface area contributed by atoms with Crippen LogP contribution in [0.5, 0.6) is 0 Å². The van der Waals surface area contributed by atoms with Gasteiger partial charge in [-0.1, -0.05) is 0 Å². The summed E-state index contributed by atoms with van der Waals surface area (Å²) in [7, 11) is -3.57. The number of hydrogen-bond donors (Lipinski definition) is 2. The fourth-order valence-corrected chi connectivity index (χ4v) is 2.51. The Balaban J connectivity index is 2.72. The van der Waals surface area contributed by atoms with Crippen molar-refractivity contribution in [1.82, 2.24) is 9.71 Å². The summed E-state index contributed by atoms with van der Waals surface area (Å²) in [6.45, 7) is 2.03. The predicted octanol–water partition coefficient (Wildman–Crippen LogP) is 2.03. The van der Waals surface area contributed by atoms with E-state index in [1.165, 1.54) is 0 Å². The van der Waals surface area contributed by atoms with Gasteiger partial charge in [0.15, 0.2) is 0 Å². The molecule has 5 nitrogen and oxygen atoms in total. The van der Waals surface area contributed by atoms with Crippen LogP contribution in [0.3, 0.4) is 0 Å². The number of nitrogens with one attached hydrogen (secondary N) is 2. The molecule has 1 heterocycles. The number of halogens is 2. The van der Waals surface area contributed by atoms with Crippen molar-refractivity contribution in [2.75, 3.05) is 17.1 Å². The minimum Gasteiger partial charge on any atom is -0.269 e. The Kier molecular flexibility index (Phi) is 5.64. The maximum atomic E-state index is 11.6. The summed E-state index contributed by atoms with van der Waals surface area (Å²) >= 11 is 8.70. The first-order chi connectivity index (χ1) is 7.94. The Hall–Kier alpha value is -0.370. The second-order valence-corrected chi connectivity index (χ2v) is 6.12. The van der Waals surface area contributed by atoms with Crippen LogP contribution >= 0.6 is 27.5 Å². The molecule has 0 aliphatic rings. The summed E-state index contributed by atoms with van der Waals surface area (Å²) in [5, 5.41) is 0.